The van der Waals surface area contributed by atoms with E-state index in [1.54, 1.807) is 11.3 Å². The van der Waals surface area contributed by atoms with Crippen molar-refractivity contribution in [2.75, 3.05) is 23.8 Å². The normalized spacial score (nSPS) is 22.7. The summed E-state index contributed by atoms with van der Waals surface area (Å²) in [5.41, 5.74) is 2.92. The number of aromatic nitrogens is 3. The first kappa shape index (κ1) is 23.9. The van der Waals surface area contributed by atoms with Gasteiger partial charge in [0.2, 0.25) is 5.95 Å². The van der Waals surface area contributed by atoms with Crippen LogP contribution in [0, 0.1) is 24.7 Å². The van der Waals surface area contributed by atoms with E-state index in [0.717, 1.165) is 47.0 Å². The zero-order valence-corrected chi connectivity index (χ0v) is 21.1. The second-order valence-electron chi connectivity index (χ2n) is 9.48. The van der Waals surface area contributed by atoms with Crippen molar-refractivity contribution in [3.05, 3.63) is 30.0 Å². The molecule has 4 atom stereocenters. The second-order valence-corrected chi connectivity index (χ2v) is 10.5. The molecule has 4 rings (SSSR count). The number of aliphatic hydroxyl groups is 1. The van der Waals surface area contributed by atoms with Crippen LogP contribution in [0.2, 0.25) is 0 Å². The summed E-state index contributed by atoms with van der Waals surface area (Å²) >= 11 is 1.68. The van der Waals surface area contributed by atoms with Gasteiger partial charge in [0.25, 0.3) is 0 Å². The molecule has 3 aromatic rings. The van der Waals surface area contributed by atoms with Gasteiger partial charge in [0, 0.05) is 19.2 Å². The Bertz CT molecular complexity index is 1040. The maximum atomic E-state index is 9.83. The van der Waals surface area contributed by atoms with Gasteiger partial charge in [-0.3, -0.25) is 0 Å². The summed E-state index contributed by atoms with van der Waals surface area (Å²) in [5, 5.41) is 18.0. The van der Waals surface area contributed by atoms with Crippen molar-refractivity contribution in [3.63, 3.8) is 0 Å². The van der Waals surface area contributed by atoms with Gasteiger partial charge in [-0.2, -0.15) is 4.98 Å². The van der Waals surface area contributed by atoms with E-state index < -0.39 is 0 Å². The minimum absolute atomic E-state index is 0.238. The van der Waals surface area contributed by atoms with Crippen LogP contribution in [0.15, 0.2) is 24.3 Å². The number of thiazole rings is 1. The number of hydrogen-bond acceptors (Lipinski definition) is 7. The fourth-order valence-corrected chi connectivity index (χ4v) is 5.97. The molecule has 7 heteroatoms. The molecule has 178 valence electrons. The third-order valence-corrected chi connectivity index (χ3v) is 8.29. The van der Waals surface area contributed by atoms with Crippen molar-refractivity contribution in [3.8, 4) is 10.6 Å². The van der Waals surface area contributed by atoms with E-state index in [1.165, 1.54) is 24.0 Å². The standard InChI is InChI=1S/C26H37N5OS/c1-5-6-7-10-13-27-26-28-18(4)23(25-30-20-11-8-9-12-22(20)33-25)24(31-26)29-21-14-19(15-32)16(2)17(21)3/h8-9,11-12,16-17,19,21,32H,5-7,10,13-15H2,1-4H3,(H2,27,28,29,31)/t16-,17+,19+,21+/m0/s1. The highest BCUT2D eigenvalue weighted by atomic mass is 32.1. The van der Waals surface area contributed by atoms with Crippen molar-refractivity contribution < 1.29 is 5.11 Å². The Balaban J connectivity index is 1.65. The molecule has 33 heavy (non-hydrogen) atoms. The summed E-state index contributed by atoms with van der Waals surface area (Å²) < 4.78 is 1.17. The van der Waals surface area contributed by atoms with Crippen LogP contribution >= 0.6 is 11.3 Å². The third kappa shape index (κ3) is 5.30. The molecule has 0 spiro atoms. The maximum Gasteiger partial charge on any atom is 0.224 e. The van der Waals surface area contributed by atoms with Gasteiger partial charge in [-0.1, -0.05) is 52.2 Å². The van der Waals surface area contributed by atoms with Gasteiger partial charge in [0.15, 0.2) is 0 Å². The average molecular weight is 468 g/mol. The highest BCUT2D eigenvalue weighted by molar-refractivity contribution is 7.21. The molecule has 3 N–H and O–H groups in total. The molecule has 0 radical (unpaired) electrons. The molecule has 6 nitrogen and oxygen atoms in total. The molecular formula is C26H37N5OS. The minimum atomic E-state index is 0.238. The molecule has 1 fully saturated rings. The topological polar surface area (TPSA) is 83.0 Å². The number of aryl methyl sites for hydroxylation is 1. The summed E-state index contributed by atoms with van der Waals surface area (Å²) in [6.45, 7) is 9.91. The number of fused-ring (bicyclic) bond motifs is 1. The van der Waals surface area contributed by atoms with Crippen LogP contribution in [0.3, 0.4) is 0 Å². The SMILES string of the molecule is CCCCCCNc1nc(C)c(-c2nc3ccccc3s2)c(N[C@@H]2C[C@H](CO)[C@@H](C)[C@H]2C)n1. The number of anilines is 2. The van der Waals surface area contributed by atoms with Gasteiger partial charge in [0.05, 0.1) is 21.5 Å². The zero-order chi connectivity index (χ0) is 23.4. The van der Waals surface area contributed by atoms with Crippen molar-refractivity contribution in [1.29, 1.82) is 0 Å². The number of unbranched alkanes of at least 4 members (excludes halogenated alkanes) is 3. The van der Waals surface area contributed by atoms with Gasteiger partial charge < -0.3 is 15.7 Å². The van der Waals surface area contributed by atoms with Gasteiger partial charge in [-0.15, -0.1) is 11.3 Å². The largest absolute Gasteiger partial charge is 0.396 e. The molecular weight excluding hydrogens is 430 g/mol. The predicted octanol–water partition coefficient (Wildman–Crippen LogP) is 6.12. The van der Waals surface area contributed by atoms with Gasteiger partial charge >= 0.3 is 0 Å². The molecule has 1 saturated carbocycles. The maximum absolute atomic E-state index is 9.83. The van der Waals surface area contributed by atoms with Gasteiger partial charge in [0.1, 0.15) is 10.8 Å². The molecule has 0 aliphatic heterocycles. The summed E-state index contributed by atoms with van der Waals surface area (Å²) in [6.07, 6.45) is 5.77. The lowest BCUT2D eigenvalue weighted by atomic mass is 9.92. The molecule has 0 saturated heterocycles. The number of benzene rings is 1. The molecule has 0 amide bonds. The summed E-state index contributed by atoms with van der Waals surface area (Å²) in [5.74, 6) is 2.76. The molecule has 0 bridgehead atoms. The Morgan fingerprint density at radius 1 is 1.06 bits per heavy atom. The highest BCUT2D eigenvalue weighted by Gasteiger charge is 2.38. The van der Waals surface area contributed by atoms with Crippen molar-refractivity contribution >= 4 is 33.3 Å². The van der Waals surface area contributed by atoms with E-state index in [9.17, 15) is 5.11 Å². The van der Waals surface area contributed by atoms with E-state index in [2.05, 4.69) is 49.6 Å². The summed E-state index contributed by atoms with van der Waals surface area (Å²) in [4.78, 5) is 14.7. The quantitative estimate of drug-likeness (QED) is 0.312. The fourth-order valence-electron chi connectivity index (χ4n) is 4.90. The first-order valence-electron chi connectivity index (χ1n) is 12.4. The van der Waals surface area contributed by atoms with Crippen LogP contribution in [-0.2, 0) is 0 Å². The zero-order valence-electron chi connectivity index (χ0n) is 20.3. The average Bonchev–Trinajstić information content (AvgIpc) is 3.34. The Labute approximate surface area is 201 Å². The lowest BCUT2D eigenvalue weighted by Gasteiger charge is -2.22. The predicted molar refractivity (Wildman–Crippen MR) is 139 cm³/mol. The molecule has 1 aromatic carbocycles. The van der Waals surface area contributed by atoms with Crippen LogP contribution in [-0.4, -0.2) is 39.3 Å². The van der Waals surface area contributed by atoms with E-state index >= 15 is 0 Å². The monoisotopic (exact) mass is 467 g/mol. The molecule has 0 unspecified atom stereocenters. The van der Waals surface area contributed by atoms with Crippen molar-refractivity contribution in [2.24, 2.45) is 17.8 Å². The van der Waals surface area contributed by atoms with Crippen LogP contribution < -0.4 is 10.6 Å². The smallest absolute Gasteiger partial charge is 0.224 e. The van der Waals surface area contributed by atoms with Crippen molar-refractivity contribution in [2.45, 2.75) is 65.8 Å². The van der Waals surface area contributed by atoms with E-state index in [-0.39, 0.29) is 12.6 Å². The molecule has 2 aromatic heterocycles. The molecule has 1 aliphatic carbocycles. The number of aliphatic hydroxyl groups excluding tert-OH is 1. The van der Waals surface area contributed by atoms with Gasteiger partial charge in [-0.05, 0) is 49.7 Å². The molecule has 2 heterocycles. The second kappa shape index (κ2) is 10.8. The lowest BCUT2D eigenvalue weighted by molar-refractivity contribution is 0.191. The highest BCUT2D eigenvalue weighted by Crippen LogP contribution is 2.41. The Morgan fingerprint density at radius 3 is 2.61 bits per heavy atom. The Kier molecular flexibility index (Phi) is 7.81. The van der Waals surface area contributed by atoms with Crippen LogP contribution in [0.1, 0.15) is 58.6 Å². The third-order valence-electron chi connectivity index (χ3n) is 7.23. The van der Waals surface area contributed by atoms with E-state index in [1.807, 2.05) is 13.0 Å². The minimum Gasteiger partial charge on any atom is -0.396 e. The number of para-hydroxylation sites is 1. The Hall–Kier alpha value is -2.25. The summed E-state index contributed by atoms with van der Waals surface area (Å²) in [6, 6.07) is 8.50. The van der Waals surface area contributed by atoms with Crippen LogP contribution in [0.4, 0.5) is 11.8 Å². The fraction of sp³-hybridized carbons (Fsp3) is 0.577. The van der Waals surface area contributed by atoms with Gasteiger partial charge in [-0.25, -0.2) is 9.97 Å². The summed E-state index contributed by atoms with van der Waals surface area (Å²) in [7, 11) is 0. The Morgan fingerprint density at radius 2 is 1.88 bits per heavy atom. The van der Waals surface area contributed by atoms with E-state index in [0.29, 0.717) is 23.7 Å². The number of nitrogens with one attached hydrogen (secondary N) is 2. The first-order chi connectivity index (χ1) is 16.0. The molecule has 1 aliphatic rings. The number of nitrogens with zero attached hydrogens (tertiary/aromatic N) is 3. The first-order valence-corrected chi connectivity index (χ1v) is 13.2. The number of hydrogen-bond donors (Lipinski definition) is 3. The van der Waals surface area contributed by atoms with Crippen LogP contribution in [0.25, 0.3) is 20.8 Å². The lowest BCUT2D eigenvalue weighted by Crippen LogP contribution is -2.25. The number of rotatable bonds is 10. The van der Waals surface area contributed by atoms with Crippen LogP contribution in [0.5, 0.6) is 0 Å². The van der Waals surface area contributed by atoms with Crippen molar-refractivity contribution in [1.82, 2.24) is 15.0 Å². The van der Waals surface area contributed by atoms with E-state index in [4.69, 9.17) is 15.0 Å².